The molecule has 1 aliphatic rings. The Balaban J connectivity index is 1.28. The molecule has 4 heterocycles. The van der Waals surface area contributed by atoms with Crippen LogP contribution in [-0.2, 0) is 6.18 Å². The molecule has 4 aromatic heterocycles. The van der Waals surface area contributed by atoms with Gasteiger partial charge in [-0.2, -0.15) is 13.2 Å². The third-order valence-corrected chi connectivity index (χ3v) is 8.98. The fourth-order valence-electron chi connectivity index (χ4n) is 4.19. The molecule has 1 fully saturated rings. The first-order valence-electron chi connectivity index (χ1n) is 12.3. The molecule has 204 valence electrons. The standard InChI is InChI=1S/C26H25F3N6O2S2/c1-12(18-8-17(26(27,28)29)16(9-32-18)15-4-5-15)21(36)20-11-33-24(38-20)14(3)34-23(37)22-13(2)35-25(39-22)19-10-30-6-7-31-19/h6-12,14-15,21,36H,4-5H2,1-3H3,(H,34,37). The third kappa shape index (κ3) is 5.85. The summed E-state index contributed by atoms with van der Waals surface area (Å²) in [5, 5.41) is 15.0. The summed E-state index contributed by atoms with van der Waals surface area (Å²) >= 11 is 2.40. The summed E-state index contributed by atoms with van der Waals surface area (Å²) in [6.07, 6.45) is 3.32. The number of halogens is 3. The van der Waals surface area contributed by atoms with Crippen molar-refractivity contribution in [3.63, 3.8) is 0 Å². The molecule has 3 atom stereocenters. The number of nitrogens with one attached hydrogen (secondary N) is 1. The number of pyridine rings is 1. The topological polar surface area (TPSA) is 114 Å². The van der Waals surface area contributed by atoms with Gasteiger partial charge in [0.2, 0.25) is 0 Å². The van der Waals surface area contributed by atoms with Gasteiger partial charge in [-0.3, -0.25) is 19.7 Å². The van der Waals surface area contributed by atoms with Crippen molar-refractivity contribution in [2.45, 2.75) is 63.8 Å². The number of aliphatic hydroxyl groups is 1. The van der Waals surface area contributed by atoms with Crippen LogP contribution in [0.3, 0.4) is 0 Å². The summed E-state index contributed by atoms with van der Waals surface area (Å²) in [6.45, 7) is 5.14. The molecule has 0 saturated heterocycles. The van der Waals surface area contributed by atoms with Crippen LogP contribution >= 0.6 is 22.7 Å². The zero-order valence-electron chi connectivity index (χ0n) is 21.2. The molecular formula is C26H25F3N6O2S2. The van der Waals surface area contributed by atoms with Crippen LogP contribution in [0.15, 0.2) is 37.1 Å². The Morgan fingerprint density at radius 2 is 1.87 bits per heavy atom. The highest BCUT2D eigenvalue weighted by Gasteiger charge is 2.39. The van der Waals surface area contributed by atoms with Gasteiger partial charge in [0.25, 0.3) is 5.91 Å². The summed E-state index contributed by atoms with van der Waals surface area (Å²) in [6, 6.07) is 0.576. The molecule has 0 aromatic carbocycles. The maximum Gasteiger partial charge on any atom is 0.416 e. The van der Waals surface area contributed by atoms with E-state index in [4.69, 9.17) is 0 Å². The number of nitrogens with zero attached hydrogens (tertiary/aromatic N) is 5. The highest BCUT2D eigenvalue weighted by Crippen LogP contribution is 2.46. The quantitative estimate of drug-likeness (QED) is 0.266. The van der Waals surface area contributed by atoms with Gasteiger partial charge in [0.1, 0.15) is 20.6 Å². The molecule has 4 aromatic rings. The Bertz CT molecular complexity index is 1490. The van der Waals surface area contributed by atoms with Crippen LogP contribution in [0.5, 0.6) is 0 Å². The first kappa shape index (κ1) is 27.3. The average Bonchev–Trinajstić information content (AvgIpc) is 3.50. The normalized spacial score (nSPS) is 16.1. The van der Waals surface area contributed by atoms with Gasteiger partial charge in [-0.15, -0.1) is 22.7 Å². The fourth-order valence-corrected chi connectivity index (χ4v) is 6.14. The number of aromatic nitrogens is 5. The van der Waals surface area contributed by atoms with Gasteiger partial charge in [0, 0.05) is 36.4 Å². The molecule has 1 amide bonds. The second kappa shape index (κ2) is 10.7. The number of thiazole rings is 2. The lowest BCUT2D eigenvalue weighted by Gasteiger charge is -2.20. The molecule has 0 spiro atoms. The summed E-state index contributed by atoms with van der Waals surface area (Å²) in [4.78, 5) is 35.2. The number of aliphatic hydroxyl groups excluding tert-OH is 1. The van der Waals surface area contributed by atoms with Crippen molar-refractivity contribution in [1.82, 2.24) is 30.2 Å². The van der Waals surface area contributed by atoms with Crippen LogP contribution in [0.2, 0.25) is 0 Å². The second-order valence-electron chi connectivity index (χ2n) is 9.52. The number of carbonyl (C=O) groups is 1. The largest absolute Gasteiger partial charge is 0.416 e. The highest BCUT2D eigenvalue weighted by atomic mass is 32.1. The van der Waals surface area contributed by atoms with Crippen LogP contribution in [-0.4, -0.2) is 35.9 Å². The second-order valence-corrected chi connectivity index (χ2v) is 11.6. The van der Waals surface area contributed by atoms with E-state index in [1.54, 1.807) is 39.4 Å². The van der Waals surface area contributed by atoms with Crippen LogP contribution in [0.25, 0.3) is 10.7 Å². The summed E-state index contributed by atoms with van der Waals surface area (Å²) in [5.74, 6) is -1.12. The predicted octanol–water partition coefficient (Wildman–Crippen LogP) is 5.98. The van der Waals surface area contributed by atoms with Crippen molar-refractivity contribution in [3.05, 3.63) is 74.3 Å². The minimum absolute atomic E-state index is 0.100. The van der Waals surface area contributed by atoms with Gasteiger partial charge in [-0.05, 0) is 44.2 Å². The summed E-state index contributed by atoms with van der Waals surface area (Å²) < 4.78 is 41.1. The zero-order valence-corrected chi connectivity index (χ0v) is 22.9. The Labute approximate surface area is 230 Å². The molecule has 39 heavy (non-hydrogen) atoms. The molecule has 2 N–H and O–H groups in total. The average molecular weight is 575 g/mol. The van der Waals surface area contributed by atoms with Crippen molar-refractivity contribution in [1.29, 1.82) is 0 Å². The van der Waals surface area contributed by atoms with E-state index in [1.165, 1.54) is 35.1 Å². The van der Waals surface area contributed by atoms with E-state index in [2.05, 4.69) is 30.2 Å². The zero-order chi connectivity index (χ0) is 27.9. The number of hydrogen-bond acceptors (Lipinski definition) is 9. The van der Waals surface area contributed by atoms with Crippen LogP contribution in [0, 0.1) is 6.92 Å². The van der Waals surface area contributed by atoms with Gasteiger partial charge in [0.05, 0.1) is 34.5 Å². The molecule has 1 saturated carbocycles. The number of alkyl halides is 3. The van der Waals surface area contributed by atoms with Crippen molar-refractivity contribution >= 4 is 28.6 Å². The van der Waals surface area contributed by atoms with Gasteiger partial charge < -0.3 is 10.4 Å². The van der Waals surface area contributed by atoms with Crippen LogP contribution in [0.4, 0.5) is 13.2 Å². The lowest BCUT2D eigenvalue weighted by atomic mass is 9.95. The van der Waals surface area contributed by atoms with E-state index < -0.39 is 29.8 Å². The number of carbonyl (C=O) groups excluding carboxylic acids is 1. The Morgan fingerprint density at radius 1 is 1.10 bits per heavy atom. The molecule has 1 aliphatic carbocycles. The van der Waals surface area contributed by atoms with Crippen molar-refractivity contribution in [2.24, 2.45) is 0 Å². The number of rotatable bonds is 8. The van der Waals surface area contributed by atoms with Crippen LogP contribution < -0.4 is 5.32 Å². The maximum absolute atomic E-state index is 13.7. The Morgan fingerprint density at radius 3 is 2.54 bits per heavy atom. The van der Waals surface area contributed by atoms with E-state index in [9.17, 15) is 23.1 Å². The number of hydrogen-bond donors (Lipinski definition) is 2. The SMILES string of the molecule is Cc1nc(-c2cnccn2)sc1C(=O)NC(C)c1ncc(C(O)C(C)c2cc(C(F)(F)F)c(C3CC3)cn2)s1. The number of aryl methyl sites for hydroxylation is 1. The van der Waals surface area contributed by atoms with Gasteiger partial charge in [0.15, 0.2) is 0 Å². The Hall–Kier alpha value is -3.29. The van der Waals surface area contributed by atoms with Gasteiger partial charge in [-0.1, -0.05) is 6.92 Å². The number of amides is 1. The van der Waals surface area contributed by atoms with Gasteiger partial charge in [-0.25, -0.2) is 9.97 Å². The molecule has 0 aliphatic heterocycles. The molecule has 0 bridgehead atoms. The van der Waals surface area contributed by atoms with Crippen molar-refractivity contribution in [2.75, 3.05) is 0 Å². The lowest BCUT2D eigenvalue weighted by molar-refractivity contribution is -0.138. The van der Waals surface area contributed by atoms with Gasteiger partial charge >= 0.3 is 6.18 Å². The monoisotopic (exact) mass is 574 g/mol. The third-order valence-electron chi connectivity index (χ3n) is 6.55. The molecule has 8 nitrogen and oxygen atoms in total. The molecule has 0 radical (unpaired) electrons. The van der Waals surface area contributed by atoms with E-state index in [0.717, 1.165) is 18.9 Å². The van der Waals surface area contributed by atoms with Crippen molar-refractivity contribution < 1.29 is 23.1 Å². The van der Waals surface area contributed by atoms with Crippen LogP contribution in [0.1, 0.15) is 92.7 Å². The maximum atomic E-state index is 13.7. The minimum atomic E-state index is -4.49. The summed E-state index contributed by atoms with van der Waals surface area (Å²) in [5.41, 5.74) is 0.834. The minimum Gasteiger partial charge on any atom is -0.387 e. The fraction of sp³-hybridized carbons (Fsp3) is 0.385. The Kier molecular flexibility index (Phi) is 7.49. The summed E-state index contributed by atoms with van der Waals surface area (Å²) in [7, 11) is 0. The first-order valence-corrected chi connectivity index (χ1v) is 13.9. The van der Waals surface area contributed by atoms with E-state index in [1.807, 2.05) is 0 Å². The molecule has 5 rings (SSSR count). The highest BCUT2D eigenvalue weighted by molar-refractivity contribution is 7.17. The smallest absolute Gasteiger partial charge is 0.387 e. The molecule has 3 unspecified atom stereocenters. The molecular weight excluding hydrogens is 549 g/mol. The first-order chi connectivity index (χ1) is 18.5. The van der Waals surface area contributed by atoms with E-state index in [-0.39, 0.29) is 23.1 Å². The lowest BCUT2D eigenvalue weighted by Crippen LogP contribution is -2.26. The van der Waals surface area contributed by atoms with E-state index >= 15 is 0 Å². The predicted molar refractivity (Wildman–Crippen MR) is 140 cm³/mol. The van der Waals surface area contributed by atoms with E-state index in [0.29, 0.717) is 31.2 Å². The van der Waals surface area contributed by atoms with Crippen molar-refractivity contribution in [3.8, 4) is 10.7 Å². The molecule has 13 heteroatoms.